The SMILES string of the molecule is O=C(OCC(COC(=O)c1ccccc1)(c1ccccc1)c1ccccc1)c1ccccc1. The summed E-state index contributed by atoms with van der Waals surface area (Å²) in [6.45, 7) is 0.0215. The Morgan fingerprint density at radius 2 is 0.788 bits per heavy atom. The van der Waals surface area contributed by atoms with Crippen molar-refractivity contribution in [1.29, 1.82) is 0 Å². The van der Waals surface area contributed by atoms with Crippen LogP contribution in [0.25, 0.3) is 0 Å². The summed E-state index contributed by atoms with van der Waals surface area (Å²) in [5.41, 5.74) is 1.83. The third-order valence-electron chi connectivity index (χ3n) is 5.57. The van der Waals surface area contributed by atoms with Crippen LogP contribution in [0.4, 0.5) is 0 Å². The number of esters is 2. The normalized spacial score (nSPS) is 10.9. The molecule has 0 aliphatic heterocycles. The van der Waals surface area contributed by atoms with Gasteiger partial charge in [-0.1, -0.05) is 97.1 Å². The summed E-state index contributed by atoms with van der Waals surface area (Å²) in [7, 11) is 0. The van der Waals surface area contributed by atoms with E-state index in [1.807, 2.05) is 72.8 Å². The number of benzene rings is 4. The van der Waals surface area contributed by atoms with Crippen molar-refractivity contribution in [3.05, 3.63) is 144 Å². The van der Waals surface area contributed by atoms with Crippen LogP contribution in [0.15, 0.2) is 121 Å². The molecule has 4 aromatic carbocycles. The minimum absolute atomic E-state index is 0.0107. The second-order valence-electron chi connectivity index (χ2n) is 7.70. The van der Waals surface area contributed by atoms with Crippen molar-refractivity contribution in [3.63, 3.8) is 0 Å². The molecule has 0 spiro atoms. The van der Waals surface area contributed by atoms with E-state index < -0.39 is 17.4 Å². The molecule has 0 saturated heterocycles. The Balaban J connectivity index is 1.69. The number of hydrogen-bond acceptors (Lipinski definition) is 4. The smallest absolute Gasteiger partial charge is 0.338 e. The fourth-order valence-electron chi connectivity index (χ4n) is 3.75. The van der Waals surface area contributed by atoms with Crippen molar-refractivity contribution < 1.29 is 19.1 Å². The minimum Gasteiger partial charge on any atom is -0.461 e. The average Bonchev–Trinajstić information content (AvgIpc) is 2.90. The quantitative estimate of drug-likeness (QED) is 0.333. The Kier molecular flexibility index (Phi) is 6.96. The zero-order valence-electron chi connectivity index (χ0n) is 18.1. The van der Waals surface area contributed by atoms with E-state index in [0.717, 1.165) is 11.1 Å². The Hall–Kier alpha value is -4.18. The van der Waals surface area contributed by atoms with E-state index in [0.29, 0.717) is 11.1 Å². The van der Waals surface area contributed by atoms with E-state index >= 15 is 0 Å². The maximum atomic E-state index is 12.8. The van der Waals surface area contributed by atoms with Gasteiger partial charge in [-0.05, 0) is 35.4 Å². The van der Waals surface area contributed by atoms with Gasteiger partial charge in [0.05, 0.1) is 16.5 Å². The van der Waals surface area contributed by atoms with Gasteiger partial charge in [0.1, 0.15) is 13.2 Å². The Labute approximate surface area is 193 Å². The van der Waals surface area contributed by atoms with Crippen LogP contribution in [-0.4, -0.2) is 25.2 Å². The molecule has 0 atom stereocenters. The summed E-state index contributed by atoms with van der Waals surface area (Å²) in [4.78, 5) is 25.6. The number of rotatable bonds is 8. The van der Waals surface area contributed by atoms with Gasteiger partial charge in [-0.15, -0.1) is 0 Å². The van der Waals surface area contributed by atoms with E-state index in [1.165, 1.54) is 0 Å². The fraction of sp³-hybridized carbons (Fsp3) is 0.103. The second kappa shape index (κ2) is 10.4. The minimum atomic E-state index is -0.878. The molecule has 0 aliphatic rings. The van der Waals surface area contributed by atoms with Crippen molar-refractivity contribution in [1.82, 2.24) is 0 Å². The number of carbonyl (C=O) groups excluding carboxylic acids is 2. The van der Waals surface area contributed by atoms with Gasteiger partial charge in [0, 0.05) is 0 Å². The molecular formula is C29H24O4. The summed E-state index contributed by atoms with van der Waals surface area (Å²) >= 11 is 0. The van der Waals surface area contributed by atoms with Crippen LogP contribution in [0, 0.1) is 0 Å². The van der Waals surface area contributed by atoms with Gasteiger partial charge in [-0.2, -0.15) is 0 Å². The first-order valence-electron chi connectivity index (χ1n) is 10.7. The maximum absolute atomic E-state index is 12.8. The first kappa shape index (κ1) is 22.0. The first-order valence-corrected chi connectivity index (χ1v) is 10.7. The van der Waals surface area contributed by atoms with Crippen LogP contribution >= 0.6 is 0 Å². The largest absolute Gasteiger partial charge is 0.461 e. The van der Waals surface area contributed by atoms with Gasteiger partial charge in [0.2, 0.25) is 0 Å². The molecule has 0 amide bonds. The van der Waals surface area contributed by atoms with Crippen molar-refractivity contribution in [2.75, 3.05) is 13.2 Å². The molecule has 33 heavy (non-hydrogen) atoms. The molecule has 4 heteroatoms. The lowest BCUT2D eigenvalue weighted by atomic mass is 9.75. The lowest BCUT2D eigenvalue weighted by molar-refractivity contribution is 0.0241. The predicted octanol–water partition coefficient (Wildman–Crippen LogP) is 5.69. The van der Waals surface area contributed by atoms with Crippen molar-refractivity contribution >= 4 is 11.9 Å². The molecule has 0 unspecified atom stereocenters. The summed E-state index contributed by atoms with van der Waals surface area (Å²) < 4.78 is 11.6. The van der Waals surface area contributed by atoms with Gasteiger partial charge in [0.25, 0.3) is 0 Å². The Morgan fingerprint density at radius 1 is 0.485 bits per heavy atom. The zero-order chi connectivity index (χ0) is 22.9. The molecule has 0 radical (unpaired) electrons. The van der Waals surface area contributed by atoms with Crippen LogP contribution in [-0.2, 0) is 14.9 Å². The van der Waals surface area contributed by atoms with E-state index in [2.05, 4.69) is 0 Å². The van der Waals surface area contributed by atoms with E-state index in [4.69, 9.17) is 9.47 Å². The molecule has 4 aromatic rings. The highest BCUT2D eigenvalue weighted by molar-refractivity contribution is 5.90. The summed E-state index contributed by atoms with van der Waals surface area (Å²) in [5, 5.41) is 0. The van der Waals surface area contributed by atoms with E-state index in [-0.39, 0.29) is 13.2 Å². The van der Waals surface area contributed by atoms with Crippen LogP contribution in [0.3, 0.4) is 0 Å². The monoisotopic (exact) mass is 436 g/mol. The van der Waals surface area contributed by atoms with E-state index in [9.17, 15) is 9.59 Å². The molecule has 0 N–H and O–H groups in total. The van der Waals surface area contributed by atoms with Gasteiger partial charge < -0.3 is 9.47 Å². The molecule has 0 aliphatic carbocycles. The Morgan fingerprint density at radius 3 is 1.12 bits per heavy atom. The zero-order valence-corrected chi connectivity index (χ0v) is 18.1. The molecule has 0 bridgehead atoms. The predicted molar refractivity (Wildman–Crippen MR) is 127 cm³/mol. The molecule has 4 rings (SSSR count). The molecule has 164 valence electrons. The van der Waals surface area contributed by atoms with Crippen molar-refractivity contribution in [2.45, 2.75) is 5.41 Å². The maximum Gasteiger partial charge on any atom is 0.338 e. The van der Waals surface area contributed by atoms with Gasteiger partial charge in [-0.25, -0.2) is 9.59 Å². The number of hydrogen-bond donors (Lipinski definition) is 0. The lowest BCUT2D eigenvalue weighted by Crippen LogP contribution is -2.40. The number of carbonyl (C=O) groups is 2. The van der Waals surface area contributed by atoms with Crippen LogP contribution in [0.2, 0.25) is 0 Å². The summed E-state index contributed by atoms with van der Waals surface area (Å²) in [6, 6.07) is 37.1. The highest BCUT2D eigenvalue weighted by Crippen LogP contribution is 2.34. The fourth-order valence-corrected chi connectivity index (χ4v) is 3.75. The number of ether oxygens (including phenoxy) is 2. The lowest BCUT2D eigenvalue weighted by Gasteiger charge is -2.34. The molecule has 0 fully saturated rings. The van der Waals surface area contributed by atoms with Gasteiger partial charge in [-0.3, -0.25) is 0 Å². The molecule has 0 heterocycles. The molecular weight excluding hydrogens is 412 g/mol. The summed E-state index contributed by atoms with van der Waals surface area (Å²) in [6.07, 6.45) is 0. The molecule has 0 aromatic heterocycles. The van der Waals surface area contributed by atoms with Crippen LogP contribution < -0.4 is 0 Å². The highest BCUT2D eigenvalue weighted by Gasteiger charge is 2.38. The van der Waals surface area contributed by atoms with Crippen LogP contribution in [0.5, 0.6) is 0 Å². The van der Waals surface area contributed by atoms with Gasteiger partial charge >= 0.3 is 11.9 Å². The standard InChI is InChI=1S/C29H24O4/c30-27(23-13-5-1-6-14-23)32-21-29(25-17-9-3-10-18-25,26-19-11-4-12-20-26)22-33-28(31)24-15-7-2-8-16-24/h1-20H,21-22H2. The van der Waals surface area contributed by atoms with Crippen molar-refractivity contribution in [2.24, 2.45) is 0 Å². The third-order valence-corrected chi connectivity index (χ3v) is 5.57. The van der Waals surface area contributed by atoms with Crippen molar-refractivity contribution in [3.8, 4) is 0 Å². The second-order valence-corrected chi connectivity index (χ2v) is 7.70. The Bertz CT molecular complexity index is 1080. The average molecular weight is 437 g/mol. The van der Waals surface area contributed by atoms with Crippen LogP contribution in [0.1, 0.15) is 31.8 Å². The topological polar surface area (TPSA) is 52.6 Å². The van der Waals surface area contributed by atoms with E-state index in [1.54, 1.807) is 48.5 Å². The summed E-state index contributed by atoms with van der Waals surface area (Å²) in [5.74, 6) is -0.859. The highest BCUT2D eigenvalue weighted by atomic mass is 16.5. The molecule has 0 saturated carbocycles. The third kappa shape index (κ3) is 5.18. The van der Waals surface area contributed by atoms with Gasteiger partial charge in [0.15, 0.2) is 0 Å². The first-order chi connectivity index (χ1) is 16.2. The molecule has 4 nitrogen and oxygen atoms in total.